The molecule has 1 unspecified atom stereocenters. The summed E-state index contributed by atoms with van der Waals surface area (Å²) >= 11 is 3.38. The first-order valence-corrected chi connectivity index (χ1v) is 16.8. The van der Waals surface area contributed by atoms with E-state index in [4.69, 9.17) is 4.74 Å². The SMILES string of the molecule is COc1ccc(S(=O)(=O)N(CC(=O)N(Cc2ccccc2)C(Cc2ccccc2)C(=O)NC(C)C)c2ccc(C)cc2)cc1Br. The van der Waals surface area contributed by atoms with E-state index < -0.39 is 28.5 Å². The molecule has 0 aliphatic carbocycles. The molecule has 4 rings (SSSR count). The maximum Gasteiger partial charge on any atom is 0.264 e. The zero-order valence-electron chi connectivity index (χ0n) is 25.8. The summed E-state index contributed by atoms with van der Waals surface area (Å²) in [5.41, 5.74) is 2.95. The van der Waals surface area contributed by atoms with Crippen LogP contribution in [0.3, 0.4) is 0 Å². The van der Waals surface area contributed by atoms with Crippen LogP contribution in [0.1, 0.15) is 30.5 Å². The highest BCUT2D eigenvalue weighted by Crippen LogP contribution is 2.31. The molecule has 0 fully saturated rings. The summed E-state index contributed by atoms with van der Waals surface area (Å²) in [5, 5.41) is 2.97. The zero-order valence-corrected chi connectivity index (χ0v) is 28.2. The number of hydrogen-bond donors (Lipinski definition) is 1. The van der Waals surface area contributed by atoms with Crippen LogP contribution in [0.15, 0.2) is 112 Å². The molecule has 10 heteroatoms. The lowest BCUT2D eigenvalue weighted by Crippen LogP contribution is -2.54. The second-order valence-electron chi connectivity index (χ2n) is 11.0. The van der Waals surface area contributed by atoms with Crippen LogP contribution in [0.5, 0.6) is 5.75 Å². The van der Waals surface area contributed by atoms with E-state index >= 15 is 0 Å². The number of nitrogens with zero attached hydrogens (tertiary/aromatic N) is 2. The largest absolute Gasteiger partial charge is 0.496 e. The summed E-state index contributed by atoms with van der Waals surface area (Å²) in [4.78, 5) is 29.7. The molecule has 1 N–H and O–H groups in total. The standard InChI is InChI=1S/C35H38BrN3O5S/c1-25(2)37-35(41)32(21-27-11-7-5-8-12-27)38(23-28-13-9-6-10-14-28)34(40)24-39(29-17-15-26(3)16-18-29)45(42,43)30-19-20-33(44-4)31(36)22-30/h5-20,22,25,32H,21,23-24H2,1-4H3,(H,37,41). The van der Waals surface area contributed by atoms with Crippen molar-refractivity contribution in [2.24, 2.45) is 0 Å². The topological polar surface area (TPSA) is 96.0 Å². The summed E-state index contributed by atoms with van der Waals surface area (Å²) in [6, 6.07) is 29.2. The van der Waals surface area contributed by atoms with Crippen molar-refractivity contribution in [3.63, 3.8) is 0 Å². The van der Waals surface area contributed by atoms with Crippen LogP contribution in [0.2, 0.25) is 0 Å². The Morgan fingerprint density at radius 3 is 2.02 bits per heavy atom. The van der Waals surface area contributed by atoms with Crippen LogP contribution in [0.4, 0.5) is 5.69 Å². The maximum atomic E-state index is 14.5. The molecule has 0 bridgehead atoms. The van der Waals surface area contributed by atoms with Crippen LogP contribution in [-0.2, 0) is 32.6 Å². The number of aryl methyl sites for hydroxylation is 1. The highest BCUT2D eigenvalue weighted by atomic mass is 79.9. The van der Waals surface area contributed by atoms with Crippen LogP contribution in [-0.4, -0.2) is 50.9 Å². The molecule has 0 aromatic heterocycles. The van der Waals surface area contributed by atoms with Gasteiger partial charge in [-0.2, -0.15) is 0 Å². The third-order valence-corrected chi connectivity index (χ3v) is 9.60. The van der Waals surface area contributed by atoms with E-state index in [1.54, 1.807) is 30.3 Å². The smallest absolute Gasteiger partial charge is 0.264 e. The van der Waals surface area contributed by atoms with E-state index in [2.05, 4.69) is 21.2 Å². The maximum absolute atomic E-state index is 14.5. The number of sulfonamides is 1. The molecule has 0 aliphatic rings. The molecule has 0 saturated carbocycles. The van der Waals surface area contributed by atoms with Crippen LogP contribution < -0.4 is 14.4 Å². The molecule has 4 aromatic carbocycles. The summed E-state index contributed by atoms with van der Waals surface area (Å²) < 4.78 is 35.3. The number of halogens is 1. The molecule has 0 spiro atoms. The molecule has 45 heavy (non-hydrogen) atoms. The molecule has 0 radical (unpaired) electrons. The van der Waals surface area contributed by atoms with Gasteiger partial charge in [-0.1, -0.05) is 78.4 Å². The van der Waals surface area contributed by atoms with E-state index in [-0.39, 0.29) is 29.8 Å². The third kappa shape index (κ3) is 8.73. The summed E-state index contributed by atoms with van der Waals surface area (Å²) in [7, 11) is -2.75. The van der Waals surface area contributed by atoms with Crippen molar-refractivity contribution in [2.45, 2.75) is 50.7 Å². The second kappa shape index (κ2) is 15.2. The molecule has 0 aliphatic heterocycles. The van der Waals surface area contributed by atoms with E-state index in [1.165, 1.54) is 24.1 Å². The van der Waals surface area contributed by atoms with Gasteiger partial charge < -0.3 is 15.0 Å². The Morgan fingerprint density at radius 1 is 0.867 bits per heavy atom. The molecule has 0 heterocycles. The molecular weight excluding hydrogens is 654 g/mol. The summed E-state index contributed by atoms with van der Waals surface area (Å²) in [6.07, 6.45) is 0.251. The van der Waals surface area contributed by atoms with E-state index in [0.29, 0.717) is 15.9 Å². The Hall–Kier alpha value is -4.15. The molecule has 4 aromatic rings. The average molecular weight is 693 g/mol. The lowest BCUT2D eigenvalue weighted by Gasteiger charge is -2.34. The van der Waals surface area contributed by atoms with E-state index in [0.717, 1.165) is 21.0 Å². The van der Waals surface area contributed by atoms with Gasteiger partial charge in [0.2, 0.25) is 11.8 Å². The number of carbonyl (C=O) groups excluding carboxylic acids is 2. The lowest BCUT2D eigenvalue weighted by molar-refractivity contribution is -0.140. The number of ether oxygens (including phenoxy) is 1. The number of amides is 2. The van der Waals surface area contributed by atoms with Crippen LogP contribution in [0.25, 0.3) is 0 Å². The first kappa shape index (κ1) is 33.7. The van der Waals surface area contributed by atoms with Gasteiger partial charge in [-0.3, -0.25) is 13.9 Å². The lowest BCUT2D eigenvalue weighted by atomic mass is 10.0. The van der Waals surface area contributed by atoms with Crippen molar-refractivity contribution in [1.29, 1.82) is 0 Å². The average Bonchev–Trinajstić information content (AvgIpc) is 3.02. The number of anilines is 1. The van der Waals surface area contributed by atoms with Crippen LogP contribution >= 0.6 is 15.9 Å². The van der Waals surface area contributed by atoms with Gasteiger partial charge in [-0.15, -0.1) is 0 Å². The summed E-state index contributed by atoms with van der Waals surface area (Å²) in [6.45, 7) is 5.21. The number of nitrogens with one attached hydrogen (secondary N) is 1. The van der Waals surface area contributed by atoms with Crippen molar-refractivity contribution in [3.05, 3.63) is 124 Å². The fourth-order valence-corrected chi connectivity index (χ4v) is 7.02. The van der Waals surface area contributed by atoms with Gasteiger partial charge in [0.15, 0.2) is 0 Å². The molecular formula is C35H38BrN3O5S. The Labute approximate surface area is 274 Å². The molecule has 2 amide bonds. The van der Waals surface area contributed by atoms with Crippen molar-refractivity contribution in [3.8, 4) is 5.75 Å². The highest BCUT2D eigenvalue weighted by molar-refractivity contribution is 9.10. The first-order valence-electron chi connectivity index (χ1n) is 14.6. The zero-order chi connectivity index (χ0) is 32.6. The predicted octanol–water partition coefficient (Wildman–Crippen LogP) is 6.13. The third-order valence-electron chi connectivity index (χ3n) is 7.21. The van der Waals surface area contributed by atoms with Gasteiger partial charge in [-0.25, -0.2) is 8.42 Å². The quantitative estimate of drug-likeness (QED) is 0.182. The van der Waals surface area contributed by atoms with Crippen molar-refractivity contribution in [2.75, 3.05) is 18.0 Å². The van der Waals surface area contributed by atoms with E-state index in [9.17, 15) is 18.0 Å². The van der Waals surface area contributed by atoms with Gasteiger partial charge in [0.25, 0.3) is 10.0 Å². The van der Waals surface area contributed by atoms with E-state index in [1.807, 2.05) is 81.4 Å². The molecule has 0 saturated heterocycles. The van der Waals surface area contributed by atoms with Crippen LogP contribution in [0, 0.1) is 6.92 Å². The summed E-state index contributed by atoms with van der Waals surface area (Å²) in [5.74, 6) is -0.363. The Kier molecular flexibility index (Phi) is 11.4. The molecule has 1 atom stereocenters. The van der Waals surface area contributed by atoms with Gasteiger partial charge in [-0.05, 0) is 78.2 Å². The first-order chi connectivity index (χ1) is 21.5. The van der Waals surface area contributed by atoms with Crippen molar-refractivity contribution >= 4 is 43.5 Å². The second-order valence-corrected chi connectivity index (χ2v) is 13.7. The Morgan fingerprint density at radius 2 is 1.47 bits per heavy atom. The van der Waals surface area contributed by atoms with Crippen molar-refractivity contribution < 1.29 is 22.7 Å². The molecule has 236 valence electrons. The number of benzene rings is 4. The number of hydrogen-bond acceptors (Lipinski definition) is 5. The van der Waals surface area contributed by atoms with Gasteiger partial charge >= 0.3 is 0 Å². The molecule has 8 nitrogen and oxygen atoms in total. The monoisotopic (exact) mass is 691 g/mol. The minimum atomic E-state index is -4.24. The Balaban J connectivity index is 1.80. The van der Waals surface area contributed by atoms with Gasteiger partial charge in [0, 0.05) is 19.0 Å². The minimum absolute atomic E-state index is 0.0171. The number of rotatable bonds is 13. The normalized spacial score (nSPS) is 12.0. The minimum Gasteiger partial charge on any atom is -0.496 e. The number of methoxy groups -OCH3 is 1. The Bertz CT molecular complexity index is 1700. The number of carbonyl (C=O) groups is 2. The fourth-order valence-electron chi connectivity index (χ4n) is 4.89. The van der Waals surface area contributed by atoms with Crippen molar-refractivity contribution in [1.82, 2.24) is 10.2 Å². The highest BCUT2D eigenvalue weighted by Gasteiger charge is 2.35. The predicted molar refractivity (Wildman–Crippen MR) is 181 cm³/mol. The van der Waals surface area contributed by atoms with Gasteiger partial charge in [0.05, 0.1) is 22.2 Å². The van der Waals surface area contributed by atoms with Gasteiger partial charge in [0.1, 0.15) is 18.3 Å². The fraction of sp³-hybridized carbons (Fsp3) is 0.257.